The first-order valence-electron chi connectivity index (χ1n) is 25.6. The molecule has 0 radical (unpaired) electrons. The second-order valence-electron chi connectivity index (χ2n) is 18.7. The molecular weight excluding hydrogens is 793 g/mol. The molecule has 0 fully saturated rings. The largest absolute Gasteiger partial charge is 0.0654 e. The maximum absolute atomic E-state index is 3.83. The fourth-order valence-electron chi connectivity index (χ4n) is 10.8. The van der Waals surface area contributed by atoms with E-state index in [0.29, 0.717) is 0 Å². The molecule has 0 aliphatic carbocycles. The van der Waals surface area contributed by atoms with Gasteiger partial charge in [-0.15, -0.1) is 0 Å². The summed E-state index contributed by atoms with van der Waals surface area (Å²) in [6.07, 6.45) is 23.4. The van der Waals surface area contributed by atoms with Crippen LogP contribution < -0.4 is 0 Å². The van der Waals surface area contributed by atoms with Crippen molar-refractivity contribution in [1.29, 1.82) is 0 Å². The van der Waals surface area contributed by atoms with Crippen molar-refractivity contribution in [2.75, 3.05) is 0 Å². The molecule has 0 saturated heterocycles. The lowest BCUT2D eigenvalue weighted by molar-refractivity contribution is 0.576. The molecule has 9 rings (SSSR count). The molecule has 9 aromatic rings. The number of aryl methyl sites for hydroxylation is 2. The Morgan fingerprint density at radius 3 is 0.636 bits per heavy atom. The third-order valence-corrected chi connectivity index (χ3v) is 14.2. The standard InChI is InChI=1S/C66H66/c1-3-5-7-9-11-13-15-17-31-49-51-33-19-23-37-55(51)63(56-38-24-20-34-52(49)56)45-47-65-59-41-27-29-43-61(59)66(62-44-30-28-42-60(62)65)48-46-64-57-39-25-21-35-53(57)50(54-36-22-26-40-58(54)64)32-18-16-14-12-10-8-6-4-2/h19-30,33-44H,3-18,31-32H2,1-2H3. The summed E-state index contributed by atoms with van der Waals surface area (Å²) in [4.78, 5) is 0. The number of hydrogen-bond acceptors (Lipinski definition) is 0. The number of rotatable bonds is 18. The Hall–Kier alpha value is -6.34. The van der Waals surface area contributed by atoms with Crippen molar-refractivity contribution < 1.29 is 0 Å². The molecule has 0 heteroatoms. The van der Waals surface area contributed by atoms with Crippen LogP contribution in [0.25, 0.3) is 64.6 Å². The van der Waals surface area contributed by atoms with Crippen molar-refractivity contribution in [3.63, 3.8) is 0 Å². The van der Waals surface area contributed by atoms with Crippen molar-refractivity contribution in [2.45, 2.75) is 129 Å². The first-order valence-corrected chi connectivity index (χ1v) is 25.6. The molecule has 0 amide bonds. The van der Waals surface area contributed by atoms with Gasteiger partial charge >= 0.3 is 0 Å². The maximum Gasteiger partial charge on any atom is 0.0406 e. The first kappa shape index (κ1) is 44.8. The van der Waals surface area contributed by atoms with Gasteiger partial charge in [-0.3, -0.25) is 0 Å². The van der Waals surface area contributed by atoms with Gasteiger partial charge in [-0.05, 0) is 101 Å². The van der Waals surface area contributed by atoms with Gasteiger partial charge in [0, 0.05) is 22.3 Å². The third-order valence-electron chi connectivity index (χ3n) is 14.2. The zero-order valence-corrected chi connectivity index (χ0v) is 39.6. The minimum Gasteiger partial charge on any atom is -0.0654 e. The fourth-order valence-corrected chi connectivity index (χ4v) is 10.8. The van der Waals surface area contributed by atoms with Crippen LogP contribution in [0.4, 0.5) is 0 Å². The summed E-state index contributed by atoms with van der Waals surface area (Å²) in [5.41, 5.74) is 7.28. The normalized spacial score (nSPS) is 11.4. The molecule has 0 N–H and O–H groups in total. The predicted octanol–water partition coefficient (Wildman–Crippen LogP) is 18.8. The highest BCUT2D eigenvalue weighted by Crippen LogP contribution is 2.37. The lowest BCUT2D eigenvalue weighted by Crippen LogP contribution is -1.95. The number of benzene rings is 9. The summed E-state index contributed by atoms with van der Waals surface area (Å²) < 4.78 is 0. The Balaban J connectivity index is 1.10. The highest BCUT2D eigenvalue weighted by molar-refractivity contribution is 6.12. The molecule has 9 aromatic carbocycles. The van der Waals surface area contributed by atoms with Crippen LogP contribution in [0, 0.1) is 23.7 Å². The fraction of sp³-hybridized carbons (Fsp3) is 0.303. The van der Waals surface area contributed by atoms with Gasteiger partial charge in [-0.25, -0.2) is 0 Å². The third kappa shape index (κ3) is 9.77. The van der Waals surface area contributed by atoms with Crippen molar-refractivity contribution in [3.05, 3.63) is 179 Å². The van der Waals surface area contributed by atoms with Crippen LogP contribution in [0.5, 0.6) is 0 Å². The average molecular weight is 859 g/mol. The van der Waals surface area contributed by atoms with Crippen LogP contribution >= 0.6 is 0 Å². The molecule has 0 atom stereocenters. The summed E-state index contributed by atoms with van der Waals surface area (Å²) in [7, 11) is 0. The Kier molecular flexibility index (Phi) is 15.1. The molecule has 0 aliphatic heterocycles. The van der Waals surface area contributed by atoms with E-state index in [1.165, 1.54) is 157 Å². The van der Waals surface area contributed by atoms with Crippen LogP contribution in [0.15, 0.2) is 146 Å². The monoisotopic (exact) mass is 859 g/mol. The van der Waals surface area contributed by atoms with Crippen molar-refractivity contribution in [2.24, 2.45) is 0 Å². The van der Waals surface area contributed by atoms with Crippen molar-refractivity contribution >= 4 is 64.6 Å². The highest BCUT2D eigenvalue weighted by atomic mass is 14.2. The second kappa shape index (κ2) is 22.2. The van der Waals surface area contributed by atoms with Gasteiger partial charge in [0.1, 0.15) is 0 Å². The molecule has 0 aliphatic rings. The molecule has 0 spiro atoms. The summed E-state index contributed by atoms with van der Waals surface area (Å²) in [5, 5.41) is 14.9. The molecule has 0 nitrogen and oxygen atoms in total. The van der Waals surface area contributed by atoms with Crippen LogP contribution in [-0.4, -0.2) is 0 Å². The minimum absolute atomic E-state index is 1.06. The lowest BCUT2D eigenvalue weighted by Gasteiger charge is -2.15. The smallest absolute Gasteiger partial charge is 0.0406 e. The number of unbranched alkanes of at least 4 members (excludes halogenated alkanes) is 14. The van der Waals surface area contributed by atoms with Crippen LogP contribution in [0.3, 0.4) is 0 Å². The molecule has 66 heavy (non-hydrogen) atoms. The molecule has 0 heterocycles. The Morgan fingerprint density at radius 2 is 0.409 bits per heavy atom. The maximum atomic E-state index is 3.83. The van der Waals surface area contributed by atoms with E-state index in [1.807, 2.05) is 0 Å². The van der Waals surface area contributed by atoms with Gasteiger partial charge in [0.25, 0.3) is 0 Å². The molecule has 330 valence electrons. The quantitative estimate of drug-likeness (QED) is 0.0458. The van der Waals surface area contributed by atoms with Crippen LogP contribution in [0.2, 0.25) is 0 Å². The molecule has 0 bridgehead atoms. The lowest BCUT2D eigenvalue weighted by atomic mass is 9.88. The molecule has 0 unspecified atom stereocenters. The van der Waals surface area contributed by atoms with Gasteiger partial charge in [-0.2, -0.15) is 0 Å². The highest BCUT2D eigenvalue weighted by Gasteiger charge is 2.16. The van der Waals surface area contributed by atoms with E-state index in [0.717, 1.165) is 56.6 Å². The van der Waals surface area contributed by atoms with Gasteiger partial charge in [0.2, 0.25) is 0 Å². The summed E-state index contributed by atoms with van der Waals surface area (Å²) >= 11 is 0. The average Bonchev–Trinajstić information content (AvgIpc) is 3.37. The van der Waals surface area contributed by atoms with E-state index in [2.05, 4.69) is 183 Å². The van der Waals surface area contributed by atoms with E-state index >= 15 is 0 Å². The van der Waals surface area contributed by atoms with E-state index in [1.54, 1.807) is 0 Å². The van der Waals surface area contributed by atoms with Gasteiger partial charge in [-0.1, -0.05) is 273 Å². The van der Waals surface area contributed by atoms with Crippen LogP contribution in [-0.2, 0) is 12.8 Å². The Morgan fingerprint density at radius 1 is 0.227 bits per heavy atom. The number of hydrogen-bond donors (Lipinski definition) is 0. The van der Waals surface area contributed by atoms with E-state index in [9.17, 15) is 0 Å². The molecular formula is C66H66. The topological polar surface area (TPSA) is 0 Å². The van der Waals surface area contributed by atoms with E-state index < -0.39 is 0 Å². The molecule has 0 aromatic heterocycles. The first-order chi connectivity index (χ1) is 32.8. The Labute approximate surface area is 394 Å². The van der Waals surface area contributed by atoms with E-state index in [4.69, 9.17) is 0 Å². The SMILES string of the molecule is CCCCCCCCCCc1c2ccccc2c(C#Cc2c3ccccc3c(C#Cc3c4ccccc4c(CCCCCCCCCC)c4ccccc34)c3ccccc23)c2ccccc12. The predicted molar refractivity (Wildman–Crippen MR) is 289 cm³/mol. The van der Waals surface area contributed by atoms with Gasteiger partial charge in [0.15, 0.2) is 0 Å². The molecule has 0 saturated carbocycles. The van der Waals surface area contributed by atoms with Gasteiger partial charge < -0.3 is 0 Å². The number of fused-ring (bicyclic) bond motifs is 6. The van der Waals surface area contributed by atoms with Crippen LogP contribution in [0.1, 0.15) is 150 Å². The van der Waals surface area contributed by atoms with Crippen molar-refractivity contribution in [1.82, 2.24) is 0 Å². The summed E-state index contributed by atoms with van der Waals surface area (Å²) in [6.45, 7) is 4.59. The minimum atomic E-state index is 1.06. The van der Waals surface area contributed by atoms with E-state index in [-0.39, 0.29) is 0 Å². The summed E-state index contributed by atoms with van der Waals surface area (Å²) in [5.74, 6) is 15.3. The Bertz CT molecular complexity index is 2860. The summed E-state index contributed by atoms with van der Waals surface area (Å²) in [6, 6.07) is 53.5. The zero-order chi connectivity index (χ0) is 44.9. The van der Waals surface area contributed by atoms with Crippen molar-refractivity contribution in [3.8, 4) is 23.7 Å². The van der Waals surface area contributed by atoms with Gasteiger partial charge in [0.05, 0.1) is 0 Å². The zero-order valence-electron chi connectivity index (χ0n) is 39.6. The second-order valence-corrected chi connectivity index (χ2v) is 18.7.